The van der Waals surface area contributed by atoms with Gasteiger partial charge in [-0.1, -0.05) is 25.1 Å². The van der Waals surface area contributed by atoms with E-state index in [2.05, 4.69) is 5.09 Å². The Morgan fingerprint density at radius 3 is 2.55 bits per heavy atom. The number of carbonyl (C=O) groups is 1. The summed E-state index contributed by atoms with van der Waals surface area (Å²) in [7, 11) is -4.55. The van der Waals surface area contributed by atoms with E-state index in [4.69, 9.17) is 18.5 Å². The molecule has 38 heavy (non-hydrogen) atoms. The van der Waals surface area contributed by atoms with E-state index >= 15 is 4.39 Å². The maximum atomic E-state index is 15.9. The van der Waals surface area contributed by atoms with Gasteiger partial charge in [0.15, 0.2) is 6.23 Å². The van der Waals surface area contributed by atoms with Crippen molar-refractivity contribution in [3.05, 3.63) is 63.4 Å². The highest BCUT2D eigenvalue weighted by Crippen LogP contribution is 2.50. The first-order valence-electron chi connectivity index (χ1n) is 11.8. The number of aliphatic hydroxyl groups excluding tert-OH is 1. The largest absolute Gasteiger partial charge is 0.462 e. The van der Waals surface area contributed by atoms with E-state index in [1.54, 1.807) is 32.0 Å². The quantitative estimate of drug-likeness (QED) is 0.231. The van der Waals surface area contributed by atoms with E-state index in [9.17, 15) is 29.2 Å². The van der Waals surface area contributed by atoms with Gasteiger partial charge in [0.2, 0.25) is 0 Å². The van der Waals surface area contributed by atoms with Crippen LogP contribution >= 0.6 is 7.75 Å². The van der Waals surface area contributed by atoms with Crippen molar-refractivity contribution in [3.8, 4) is 5.75 Å². The van der Waals surface area contributed by atoms with Crippen molar-refractivity contribution >= 4 is 13.7 Å². The minimum Gasteiger partial charge on any atom is -0.462 e. The number of halogens is 1. The molecule has 0 saturated carbocycles. The average molecular weight is 559 g/mol. The van der Waals surface area contributed by atoms with Crippen LogP contribution in [0.15, 0.2) is 52.2 Å². The molecular weight excluding hydrogens is 528 g/mol. The number of aliphatic hydroxyl groups is 2. The first kappa shape index (κ1) is 29.7. The molecule has 0 amide bonds. The lowest BCUT2D eigenvalue weighted by Gasteiger charge is -2.29. The number of nitrogens with zero attached hydrogens (tertiary/aromatic N) is 1. The van der Waals surface area contributed by atoms with Crippen LogP contribution in [-0.4, -0.2) is 62.0 Å². The molecule has 3 rings (SSSR count). The summed E-state index contributed by atoms with van der Waals surface area (Å²) in [6.07, 6.45) is -3.05. The molecule has 1 aromatic heterocycles. The van der Waals surface area contributed by atoms with Gasteiger partial charge in [-0.15, -0.1) is 0 Å². The van der Waals surface area contributed by atoms with Gasteiger partial charge in [-0.05, 0) is 39.3 Å². The Kier molecular flexibility index (Phi) is 8.97. The number of nitrogens with one attached hydrogen (secondary N) is 2. The monoisotopic (exact) mass is 559 g/mol. The van der Waals surface area contributed by atoms with Crippen LogP contribution in [0, 0.1) is 0 Å². The average Bonchev–Trinajstić information content (AvgIpc) is 3.03. The van der Waals surface area contributed by atoms with Gasteiger partial charge in [-0.3, -0.25) is 23.7 Å². The number of esters is 1. The number of para-hydroxylation sites is 1. The maximum Gasteiger partial charge on any atom is 0.459 e. The van der Waals surface area contributed by atoms with Crippen LogP contribution in [0.5, 0.6) is 5.75 Å². The number of carbonyl (C=O) groups excluding carboxylic acids is 1. The van der Waals surface area contributed by atoms with Crippen molar-refractivity contribution < 1.29 is 42.5 Å². The zero-order chi connectivity index (χ0) is 28.3. The minimum absolute atomic E-state index is 0.0521. The molecule has 13 nitrogen and oxygen atoms in total. The lowest BCUT2D eigenvalue weighted by Crippen LogP contribution is -2.50. The summed E-state index contributed by atoms with van der Waals surface area (Å²) in [5.41, 5.74) is -4.18. The number of H-pyrrole nitrogens is 1. The first-order chi connectivity index (χ1) is 17.7. The van der Waals surface area contributed by atoms with Crippen molar-refractivity contribution in [2.45, 2.75) is 70.0 Å². The molecule has 1 aliphatic rings. The van der Waals surface area contributed by atoms with Gasteiger partial charge in [0.25, 0.3) is 11.4 Å². The van der Waals surface area contributed by atoms with Gasteiger partial charge in [-0.25, -0.2) is 13.8 Å². The summed E-state index contributed by atoms with van der Waals surface area (Å²) in [6.45, 7) is 4.56. The van der Waals surface area contributed by atoms with Crippen molar-refractivity contribution in [1.29, 1.82) is 0 Å². The van der Waals surface area contributed by atoms with E-state index in [-0.39, 0.29) is 5.75 Å². The molecule has 1 aliphatic heterocycles. The summed E-state index contributed by atoms with van der Waals surface area (Å²) >= 11 is 0. The lowest BCUT2D eigenvalue weighted by atomic mass is 9.95. The fraction of sp³-hybridized carbons (Fsp3) is 0.522. The standard InChI is InChI=1S/C23H31FN3O10P/c1-5-14(2)35-18(29)15(3)26-38(33,37-16-9-7-6-8-10-16)34-13-23(24)19(30)22(4,32)20(36-23)27-12-11-17(28)25-21(27)31/h6-12,14-15,19-20,30,32H,5,13H2,1-4H3,(H,26,33)(H,25,28,31)/t14?,15?,19-,20+,22+,23+,38-/m0/s1. The summed E-state index contributed by atoms with van der Waals surface area (Å²) < 4.78 is 51.3. The van der Waals surface area contributed by atoms with Crippen LogP contribution in [0.25, 0.3) is 0 Å². The van der Waals surface area contributed by atoms with Crippen molar-refractivity contribution in [2.24, 2.45) is 0 Å². The smallest absolute Gasteiger partial charge is 0.459 e. The molecule has 2 unspecified atom stereocenters. The van der Waals surface area contributed by atoms with Crippen molar-refractivity contribution in [2.75, 3.05) is 6.61 Å². The van der Waals surface area contributed by atoms with E-state index in [1.807, 2.05) is 4.98 Å². The van der Waals surface area contributed by atoms with Crippen LogP contribution in [0.4, 0.5) is 4.39 Å². The Morgan fingerprint density at radius 2 is 1.95 bits per heavy atom. The van der Waals surface area contributed by atoms with Gasteiger partial charge >= 0.3 is 19.4 Å². The Hall–Kier alpha value is -2.87. The summed E-state index contributed by atoms with van der Waals surface area (Å²) in [4.78, 5) is 37.9. The molecule has 1 aromatic carbocycles. The summed E-state index contributed by atoms with van der Waals surface area (Å²) in [5, 5.41) is 23.8. The molecule has 2 heterocycles. The Labute approximate surface area is 217 Å². The molecule has 210 valence electrons. The fourth-order valence-electron chi connectivity index (χ4n) is 3.56. The molecule has 1 saturated heterocycles. The number of aromatic nitrogens is 2. The Balaban J connectivity index is 1.85. The minimum atomic E-state index is -4.55. The Bertz CT molecular complexity index is 1290. The number of aromatic amines is 1. The molecule has 0 spiro atoms. The van der Waals surface area contributed by atoms with E-state index in [1.165, 1.54) is 19.1 Å². The molecule has 0 aliphatic carbocycles. The van der Waals surface area contributed by atoms with Crippen LogP contribution in [0.1, 0.15) is 40.3 Å². The zero-order valence-corrected chi connectivity index (χ0v) is 22.1. The molecule has 0 bridgehead atoms. The van der Waals surface area contributed by atoms with Crippen LogP contribution in [-0.2, 0) is 23.4 Å². The zero-order valence-electron chi connectivity index (χ0n) is 21.2. The van der Waals surface area contributed by atoms with Gasteiger partial charge in [0.05, 0.1) is 6.10 Å². The predicted molar refractivity (Wildman–Crippen MR) is 131 cm³/mol. The molecule has 1 fully saturated rings. The van der Waals surface area contributed by atoms with E-state index in [0.29, 0.717) is 11.0 Å². The van der Waals surface area contributed by atoms with Crippen molar-refractivity contribution in [3.63, 3.8) is 0 Å². The molecule has 7 atom stereocenters. The number of benzene rings is 1. The van der Waals surface area contributed by atoms with Gasteiger partial charge in [0.1, 0.15) is 30.1 Å². The second-order valence-corrected chi connectivity index (χ2v) is 10.8. The third-order valence-electron chi connectivity index (χ3n) is 5.87. The maximum absolute atomic E-state index is 15.9. The second-order valence-electron chi connectivity index (χ2n) is 9.08. The van der Waals surface area contributed by atoms with Crippen LogP contribution in [0.3, 0.4) is 0 Å². The number of rotatable bonds is 11. The normalized spacial score (nSPS) is 28.3. The van der Waals surface area contributed by atoms with Gasteiger partial charge in [-0.2, -0.15) is 5.09 Å². The Morgan fingerprint density at radius 1 is 1.29 bits per heavy atom. The lowest BCUT2D eigenvalue weighted by molar-refractivity contribution is -0.204. The van der Waals surface area contributed by atoms with Crippen LogP contribution < -0.4 is 20.9 Å². The fourth-order valence-corrected chi connectivity index (χ4v) is 5.07. The number of hydrogen-bond acceptors (Lipinski definition) is 10. The number of alkyl halides is 1. The third kappa shape index (κ3) is 6.57. The number of ether oxygens (including phenoxy) is 2. The van der Waals surface area contributed by atoms with Gasteiger partial charge < -0.3 is 24.2 Å². The molecule has 2 aromatic rings. The summed E-state index contributed by atoms with van der Waals surface area (Å²) in [5.74, 6) is -3.93. The highest BCUT2D eigenvalue weighted by atomic mass is 31.2. The van der Waals surface area contributed by atoms with Crippen molar-refractivity contribution in [1.82, 2.24) is 14.6 Å². The molecule has 15 heteroatoms. The third-order valence-corrected chi connectivity index (χ3v) is 7.49. The van der Waals surface area contributed by atoms with E-state index in [0.717, 1.165) is 19.2 Å². The summed E-state index contributed by atoms with van der Waals surface area (Å²) in [6, 6.07) is 7.41. The topological polar surface area (TPSA) is 178 Å². The molecular formula is C23H31FN3O10P. The first-order valence-corrected chi connectivity index (χ1v) is 13.3. The molecule has 0 radical (unpaired) electrons. The van der Waals surface area contributed by atoms with E-state index < -0.39 is 67.5 Å². The second kappa shape index (κ2) is 11.5. The predicted octanol–water partition coefficient (Wildman–Crippen LogP) is 1.37. The highest BCUT2D eigenvalue weighted by Gasteiger charge is 2.63. The SMILES string of the molecule is CCC(C)OC(=O)C(C)N[P@](=O)(OC[C@@]1(F)O[C@@H](n2ccc(=O)[nH]c2=O)[C@](C)(O)[C@@H]1O)Oc1ccccc1. The molecule has 4 N–H and O–H groups in total. The number of hydrogen-bond donors (Lipinski definition) is 4. The highest BCUT2D eigenvalue weighted by molar-refractivity contribution is 7.52. The van der Waals surface area contributed by atoms with Gasteiger partial charge in [0, 0.05) is 12.3 Å². The van der Waals surface area contributed by atoms with Crippen LogP contribution in [0.2, 0.25) is 0 Å².